The van der Waals surface area contributed by atoms with Crippen LogP contribution >= 0.6 is 0 Å². The fraction of sp³-hybridized carbons (Fsp3) is 0.444. The molecule has 0 aliphatic rings. The van der Waals surface area contributed by atoms with Gasteiger partial charge in [0.1, 0.15) is 6.20 Å². The van der Waals surface area contributed by atoms with Crippen LogP contribution in [-0.2, 0) is 0 Å². The molecule has 11 heavy (non-hydrogen) atoms. The quantitative estimate of drug-likeness (QED) is 0.643. The van der Waals surface area contributed by atoms with Gasteiger partial charge in [-0.15, -0.1) is 0 Å². The summed E-state index contributed by atoms with van der Waals surface area (Å²) in [7, 11) is 0. The number of nitrogens with zero attached hydrogens (tertiary/aromatic N) is 1. The second kappa shape index (κ2) is 3.37. The molecule has 0 spiro atoms. The molecule has 0 atom stereocenters. The van der Waals surface area contributed by atoms with Crippen LogP contribution in [0.15, 0.2) is 12.3 Å². The summed E-state index contributed by atoms with van der Waals surface area (Å²) in [6, 6.07) is 1.91. The van der Waals surface area contributed by atoms with Crippen LogP contribution in [0.2, 0.25) is 0 Å². The van der Waals surface area contributed by atoms with E-state index in [4.69, 9.17) is 4.74 Å². The first kappa shape index (κ1) is 8.05. The van der Waals surface area contributed by atoms with Gasteiger partial charge in [-0.1, -0.05) is 0 Å². The van der Waals surface area contributed by atoms with Gasteiger partial charge in [-0.05, 0) is 32.4 Å². The summed E-state index contributed by atoms with van der Waals surface area (Å²) < 4.78 is 5.43. The van der Waals surface area contributed by atoms with E-state index in [-0.39, 0.29) is 6.10 Å². The van der Waals surface area contributed by atoms with Crippen LogP contribution in [0.25, 0.3) is 0 Å². The summed E-state index contributed by atoms with van der Waals surface area (Å²) in [6.45, 7) is 5.95. The van der Waals surface area contributed by atoms with Gasteiger partial charge in [-0.25, -0.2) is 0 Å². The van der Waals surface area contributed by atoms with Gasteiger partial charge in [0.25, 0.3) is 0 Å². The number of hydrogen-bond donors (Lipinski definition) is 0. The van der Waals surface area contributed by atoms with E-state index in [1.54, 1.807) is 6.20 Å². The Balaban J connectivity index is 2.78. The fourth-order valence-corrected chi connectivity index (χ4v) is 0.764. The van der Waals surface area contributed by atoms with Crippen LogP contribution in [-0.4, -0.2) is 11.1 Å². The minimum Gasteiger partial charge on any atom is -0.488 e. The minimum absolute atomic E-state index is 0.189. The molecule has 1 radical (unpaired) electrons. The molecule has 0 saturated carbocycles. The van der Waals surface area contributed by atoms with Crippen LogP contribution in [0.4, 0.5) is 0 Å². The van der Waals surface area contributed by atoms with E-state index >= 15 is 0 Å². The maximum Gasteiger partial charge on any atom is 0.150 e. The van der Waals surface area contributed by atoms with Crippen LogP contribution in [0.5, 0.6) is 5.75 Å². The third kappa shape index (κ3) is 2.22. The molecular weight excluding hydrogens is 138 g/mol. The van der Waals surface area contributed by atoms with Gasteiger partial charge >= 0.3 is 0 Å². The Morgan fingerprint density at radius 3 is 2.82 bits per heavy atom. The van der Waals surface area contributed by atoms with Crippen molar-refractivity contribution >= 4 is 0 Å². The first-order valence-electron chi connectivity index (χ1n) is 3.70. The van der Waals surface area contributed by atoms with Crippen molar-refractivity contribution in [1.29, 1.82) is 0 Å². The molecule has 0 amide bonds. The first-order chi connectivity index (χ1) is 5.20. The lowest BCUT2D eigenvalue weighted by molar-refractivity contribution is 0.239. The number of aromatic nitrogens is 1. The Morgan fingerprint density at radius 2 is 2.27 bits per heavy atom. The molecule has 1 aromatic heterocycles. The van der Waals surface area contributed by atoms with Crippen molar-refractivity contribution in [3.8, 4) is 5.75 Å². The molecule has 1 heterocycles. The molecule has 0 aliphatic heterocycles. The molecule has 1 aromatic rings. The lowest BCUT2D eigenvalue weighted by Crippen LogP contribution is -2.06. The Labute approximate surface area is 67.2 Å². The van der Waals surface area contributed by atoms with Gasteiger partial charge in [0.15, 0.2) is 5.75 Å². The second-order valence-corrected chi connectivity index (χ2v) is 2.74. The summed E-state index contributed by atoms with van der Waals surface area (Å²) in [5.41, 5.74) is 1.08. The number of rotatable bonds is 2. The topological polar surface area (TPSA) is 22.1 Å². The van der Waals surface area contributed by atoms with Crippen molar-refractivity contribution in [1.82, 2.24) is 4.98 Å². The molecule has 0 N–H and O–H groups in total. The first-order valence-corrected chi connectivity index (χ1v) is 3.70. The Bertz CT molecular complexity index is 233. The van der Waals surface area contributed by atoms with Crippen LogP contribution in [0.3, 0.4) is 0 Å². The molecule has 0 aromatic carbocycles. The SMILES string of the molecule is Cc1ccn[c]c1OC(C)C. The second-order valence-electron chi connectivity index (χ2n) is 2.74. The molecule has 1 rings (SSSR count). The highest BCUT2D eigenvalue weighted by Crippen LogP contribution is 2.14. The Hall–Kier alpha value is -1.05. The lowest BCUT2D eigenvalue weighted by atomic mass is 10.3. The zero-order valence-electron chi connectivity index (χ0n) is 7.09. The number of hydrogen-bond acceptors (Lipinski definition) is 2. The summed E-state index contributed by atoms with van der Waals surface area (Å²) in [6.07, 6.45) is 4.70. The maximum absolute atomic E-state index is 5.43. The summed E-state index contributed by atoms with van der Waals surface area (Å²) in [5, 5.41) is 0. The van der Waals surface area contributed by atoms with Crippen molar-refractivity contribution in [2.75, 3.05) is 0 Å². The molecule has 0 aliphatic carbocycles. The van der Waals surface area contributed by atoms with Gasteiger partial charge in [-0.2, -0.15) is 0 Å². The monoisotopic (exact) mass is 150 g/mol. The summed E-state index contributed by atoms with van der Waals surface area (Å²) in [4.78, 5) is 3.85. The van der Waals surface area contributed by atoms with E-state index in [9.17, 15) is 0 Å². The zero-order chi connectivity index (χ0) is 8.27. The Morgan fingerprint density at radius 1 is 1.55 bits per heavy atom. The van der Waals surface area contributed by atoms with Gasteiger partial charge in [0.2, 0.25) is 0 Å². The number of ether oxygens (including phenoxy) is 1. The third-order valence-corrected chi connectivity index (χ3v) is 1.28. The highest BCUT2D eigenvalue weighted by atomic mass is 16.5. The molecule has 2 heteroatoms. The molecule has 0 fully saturated rings. The highest BCUT2D eigenvalue weighted by Gasteiger charge is 2.00. The van der Waals surface area contributed by atoms with E-state index in [0.29, 0.717) is 0 Å². The van der Waals surface area contributed by atoms with E-state index in [2.05, 4.69) is 11.2 Å². The van der Waals surface area contributed by atoms with Gasteiger partial charge in [-0.3, -0.25) is 4.98 Å². The van der Waals surface area contributed by atoms with Crippen molar-refractivity contribution < 1.29 is 4.74 Å². The van der Waals surface area contributed by atoms with Gasteiger partial charge in [0.05, 0.1) is 6.10 Å². The molecule has 2 nitrogen and oxygen atoms in total. The normalized spacial score (nSPS) is 10.2. The number of pyridine rings is 1. The van der Waals surface area contributed by atoms with Gasteiger partial charge in [0, 0.05) is 6.20 Å². The van der Waals surface area contributed by atoms with Crippen LogP contribution in [0, 0.1) is 13.1 Å². The predicted octanol–water partition coefficient (Wildman–Crippen LogP) is 1.98. The largest absolute Gasteiger partial charge is 0.488 e. The average molecular weight is 150 g/mol. The molecule has 0 unspecified atom stereocenters. The number of aryl methyl sites for hydroxylation is 1. The predicted molar refractivity (Wildman–Crippen MR) is 43.6 cm³/mol. The van der Waals surface area contributed by atoms with E-state index in [1.165, 1.54) is 0 Å². The van der Waals surface area contributed by atoms with Crippen LogP contribution in [0.1, 0.15) is 19.4 Å². The lowest BCUT2D eigenvalue weighted by Gasteiger charge is -2.09. The molecular formula is C9H12NO. The molecule has 0 saturated heterocycles. The van der Waals surface area contributed by atoms with E-state index in [1.807, 2.05) is 26.8 Å². The standard InChI is InChI=1S/C9H12NO/c1-7(2)11-9-6-10-5-4-8(9)3/h4-5,7H,1-3H3. The van der Waals surface area contributed by atoms with Crippen molar-refractivity contribution in [3.63, 3.8) is 0 Å². The van der Waals surface area contributed by atoms with Crippen LogP contribution < -0.4 is 4.74 Å². The fourth-order valence-electron chi connectivity index (χ4n) is 0.764. The van der Waals surface area contributed by atoms with E-state index < -0.39 is 0 Å². The van der Waals surface area contributed by atoms with Crippen molar-refractivity contribution in [2.45, 2.75) is 26.9 Å². The average Bonchev–Trinajstić information content (AvgIpc) is 1.93. The van der Waals surface area contributed by atoms with E-state index in [0.717, 1.165) is 11.3 Å². The zero-order valence-corrected chi connectivity index (χ0v) is 7.09. The minimum atomic E-state index is 0.189. The summed E-state index contributed by atoms with van der Waals surface area (Å²) in [5.74, 6) is 0.752. The third-order valence-electron chi connectivity index (χ3n) is 1.28. The summed E-state index contributed by atoms with van der Waals surface area (Å²) >= 11 is 0. The van der Waals surface area contributed by atoms with Crippen molar-refractivity contribution in [2.24, 2.45) is 0 Å². The molecule has 59 valence electrons. The highest BCUT2D eigenvalue weighted by molar-refractivity contribution is 5.26. The van der Waals surface area contributed by atoms with Gasteiger partial charge < -0.3 is 4.74 Å². The smallest absolute Gasteiger partial charge is 0.150 e. The van der Waals surface area contributed by atoms with Crippen molar-refractivity contribution in [3.05, 3.63) is 24.0 Å². The maximum atomic E-state index is 5.43. The molecule has 0 bridgehead atoms. The Kier molecular flexibility index (Phi) is 2.47.